The molecule has 1 atom stereocenters. The number of ether oxygens (including phenoxy) is 1. The fraction of sp³-hybridized carbons (Fsp3) is 0.318. The summed E-state index contributed by atoms with van der Waals surface area (Å²) in [5.74, 6) is 0.594. The van der Waals surface area contributed by atoms with E-state index in [1.807, 2.05) is 43.3 Å². The highest BCUT2D eigenvalue weighted by atomic mass is 16.5. The Labute approximate surface area is 158 Å². The molecule has 0 fully saturated rings. The Kier molecular flexibility index (Phi) is 4.52. The van der Waals surface area contributed by atoms with Crippen LogP contribution in [0.2, 0.25) is 0 Å². The highest BCUT2D eigenvalue weighted by Gasteiger charge is 2.31. The SMILES string of the molecule is Cc1ccc(OCC(=O)N2CCC(c3ccccc3)=N2)c2c1C(C)CC2=O. The number of benzene rings is 2. The van der Waals surface area contributed by atoms with E-state index in [1.165, 1.54) is 5.01 Å². The first kappa shape index (κ1) is 17.5. The van der Waals surface area contributed by atoms with Gasteiger partial charge in [-0.25, -0.2) is 5.01 Å². The largest absolute Gasteiger partial charge is 0.483 e. The standard InChI is InChI=1S/C22H22N2O3/c1-14-8-9-19(22-18(25)12-15(2)21(14)22)27-13-20(26)24-11-10-17(23-24)16-6-4-3-5-7-16/h3-9,15H,10-13H2,1-2H3. The number of carbonyl (C=O) groups excluding carboxylic acids is 2. The van der Waals surface area contributed by atoms with Crippen LogP contribution in [0.25, 0.3) is 0 Å². The van der Waals surface area contributed by atoms with Crippen LogP contribution in [0.15, 0.2) is 47.6 Å². The Morgan fingerprint density at radius 1 is 1.22 bits per heavy atom. The van der Waals surface area contributed by atoms with E-state index in [1.54, 1.807) is 6.07 Å². The molecule has 0 saturated heterocycles. The van der Waals surface area contributed by atoms with Gasteiger partial charge in [-0.05, 0) is 35.6 Å². The third-order valence-corrected chi connectivity index (χ3v) is 5.24. The van der Waals surface area contributed by atoms with Crippen LogP contribution in [0.5, 0.6) is 5.75 Å². The maximum absolute atomic E-state index is 12.5. The van der Waals surface area contributed by atoms with Crippen LogP contribution in [0.1, 0.15) is 52.7 Å². The lowest BCUT2D eigenvalue weighted by Gasteiger charge is -2.15. The Balaban J connectivity index is 1.47. The van der Waals surface area contributed by atoms with Crippen molar-refractivity contribution in [1.82, 2.24) is 5.01 Å². The number of nitrogens with zero attached hydrogens (tertiary/aromatic N) is 2. The summed E-state index contributed by atoms with van der Waals surface area (Å²) in [7, 11) is 0. The molecule has 27 heavy (non-hydrogen) atoms. The lowest BCUT2D eigenvalue weighted by Crippen LogP contribution is -2.29. The number of hydrogen-bond donors (Lipinski definition) is 0. The Morgan fingerprint density at radius 3 is 2.78 bits per heavy atom. The first-order chi connectivity index (χ1) is 13.0. The number of ketones is 1. The van der Waals surface area contributed by atoms with Crippen molar-refractivity contribution in [1.29, 1.82) is 0 Å². The molecule has 4 rings (SSSR count). The number of hydrogen-bond acceptors (Lipinski definition) is 4. The summed E-state index contributed by atoms with van der Waals surface area (Å²) < 4.78 is 5.76. The lowest BCUT2D eigenvalue weighted by atomic mass is 9.97. The maximum atomic E-state index is 12.5. The van der Waals surface area contributed by atoms with Crippen molar-refractivity contribution in [3.63, 3.8) is 0 Å². The molecule has 2 aromatic rings. The van der Waals surface area contributed by atoms with Crippen LogP contribution in [-0.4, -0.2) is 35.6 Å². The van der Waals surface area contributed by atoms with Gasteiger partial charge >= 0.3 is 0 Å². The number of hydrazone groups is 1. The predicted octanol–water partition coefficient (Wildman–Crippen LogP) is 3.70. The molecule has 1 aliphatic carbocycles. The van der Waals surface area contributed by atoms with Gasteiger partial charge in [-0.2, -0.15) is 5.10 Å². The van der Waals surface area contributed by atoms with E-state index >= 15 is 0 Å². The van der Waals surface area contributed by atoms with Gasteiger partial charge in [-0.3, -0.25) is 9.59 Å². The summed E-state index contributed by atoms with van der Waals surface area (Å²) in [6.07, 6.45) is 1.23. The van der Waals surface area contributed by atoms with E-state index < -0.39 is 0 Å². The van der Waals surface area contributed by atoms with Gasteiger partial charge in [0.15, 0.2) is 12.4 Å². The summed E-state index contributed by atoms with van der Waals surface area (Å²) in [4.78, 5) is 24.9. The van der Waals surface area contributed by atoms with Gasteiger partial charge in [0.2, 0.25) is 0 Å². The average molecular weight is 362 g/mol. The summed E-state index contributed by atoms with van der Waals surface area (Å²) >= 11 is 0. The molecular weight excluding hydrogens is 340 g/mol. The minimum atomic E-state index is -0.200. The monoisotopic (exact) mass is 362 g/mol. The van der Waals surface area contributed by atoms with E-state index in [0.717, 1.165) is 28.8 Å². The van der Waals surface area contributed by atoms with Crippen molar-refractivity contribution in [2.75, 3.05) is 13.2 Å². The molecule has 0 spiro atoms. The van der Waals surface area contributed by atoms with Crippen molar-refractivity contribution in [3.05, 3.63) is 64.7 Å². The second-order valence-electron chi connectivity index (χ2n) is 7.17. The smallest absolute Gasteiger partial charge is 0.280 e. The first-order valence-corrected chi connectivity index (χ1v) is 9.27. The molecule has 2 aliphatic rings. The zero-order valence-electron chi connectivity index (χ0n) is 15.6. The molecule has 0 saturated carbocycles. The summed E-state index contributed by atoms with van der Waals surface area (Å²) in [5, 5.41) is 5.90. The van der Waals surface area contributed by atoms with Crippen LogP contribution in [0, 0.1) is 6.92 Å². The highest BCUT2D eigenvalue weighted by molar-refractivity contribution is 6.04. The molecule has 1 heterocycles. The van der Waals surface area contributed by atoms with Crippen molar-refractivity contribution < 1.29 is 14.3 Å². The zero-order chi connectivity index (χ0) is 19.0. The van der Waals surface area contributed by atoms with Gasteiger partial charge in [0.25, 0.3) is 5.91 Å². The molecule has 1 amide bonds. The lowest BCUT2D eigenvalue weighted by molar-refractivity contribution is -0.132. The van der Waals surface area contributed by atoms with E-state index in [-0.39, 0.29) is 24.2 Å². The Morgan fingerprint density at radius 2 is 2.00 bits per heavy atom. The minimum Gasteiger partial charge on any atom is -0.483 e. The van der Waals surface area contributed by atoms with Gasteiger partial charge in [0, 0.05) is 12.8 Å². The van der Waals surface area contributed by atoms with Crippen molar-refractivity contribution >= 4 is 17.4 Å². The van der Waals surface area contributed by atoms with Crippen LogP contribution >= 0.6 is 0 Å². The van der Waals surface area contributed by atoms with Crippen LogP contribution in [-0.2, 0) is 4.79 Å². The van der Waals surface area contributed by atoms with E-state index in [9.17, 15) is 9.59 Å². The topological polar surface area (TPSA) is 59.0 Å². The number of Topliss-reactive ketones (excluding diaryl/α,β-unsaturated/α-hetero) is 1. The van der Waals surface area contributed by atoms with Crippen molar-refractivity contribution in [3.8, 4) is 5.75 Å². The van der Waals surface area contributed by atoms with Gasteiger partial charge in [-0.15, -0.1) is 0 Å². The van der Waals surface area contributed by atoms with E-state index in [0.29, 0.717) is 24.3 Å². The molecule has 2 aromatic carbocycles. The Bertz CT molecular complexity index is 934. The van der Waals surface area contributed by atoms with Crippen LogP contribution in [0.4, 0.5) is 0 Å². The van der Waals surface area contributed by atoms with E-state index in [2.05, 4.69) is 12.0 Å². The molecular formula is C22H22N2O3. The fourth-order valence-corrected chi connectivity index (χ4v) is 3.91. The molecule has 0 aromatic heterocycles. The third kappa shape index (κ3) is 3.25. The molecule has 0 N–H and O–H groups in total. The van der Waals surface area contributed by atoms with Gasteiger partial charge in [0.05, 0.1) is 17.8 Å². The molecule has 0 bridgehead atoms. The number of aryl methyl sites for hydroxylation is 1. The average Bonchev–Trinajstić information content (AvgIpc) is 3.27. The molecule has 1 unspecified atom stereocenters. The summed E-state index contributed by atoms with van der Waals surface area (Å²) in [6.45, 7) is 4.49. The van der Waals surface area contributed by atoms with E-state index in [4.69, 9.17) is 4.74 Å². The normalized spacial score (nSPS) is 18.4. The molecule has 1 aliphatic heterocycles. The number of rotatable bonds is 4. The number of fused-ring (bicyclic) bond motifs is 1. The van der Waals surface area contributed by atoms with Crippen molar-refractivity contribution in [2.45, 2.75) is 32.6 Å². The van der Waals surface area contributed by atoms with Crippen molar-refractivity contribution in [2.24, 2.45) is 5.10 Å². The zero-order valence-corrected chi connectivity index (χ0v) is 15.6. The summed E-state index contributed by atoms with van der Waals surface area (Å²) in [6, 6.07) is 13.6. The van der Waals surface area contributed by atoms with Crippen LogP contribution in [0.3, 0.4) is 0 Å². The predicted molar refractivity (Wildman–Crippen MR) is 103 cm³/mol. The van der Waals surface area contributed by atoms with Gasteiger partial charge in [0.1, 0.15) is 5.75 Å². The van der Waals surface area contributed by atoms with Gasteiger partial charge < -0.3 is 4.74 Å². The second-order valence-corrected chi connectivity index (χ2v) is 7.17. The number of amides is 1. The summed E-state index contributed by atoms with van der Waals surface area (Å²) in [5.41, 5.74) is 4.73. The van der Waals surface area contributed by atoms with Gasteiger partial charge in [-0.1, -0.05) is 43.3 Å². The van der Waals surface area contributed by atoms with Crippen LogP contribution < -0.4 is 4.74 Å². The molecule has 138 valence electrons. The third-order valence-electron chi connectivity index (χ3n) is 5.24. The molecule has 5 nitrogen and oxygen atoms in total. The number of carbonyl (C=O) groups is 2. The molecule has 5 heteroatoms. The Hall–Kier alpha value is -2.95. The maximum Gasteiger partial charge on any atom is 0.280 e. The second kappa shape index (κ2) is 6.99. The quantitative estimate of drug-likeness (QED) is 0.833. The minimum absolute atomic E-state index is 0.0919. The molecule has 0 radical (unpaired) electrons. The highest BCUT2D eigenvalue weighted by Crippen LogP contribution is 2.40. The first-order valence-electron chi connectivity index (χ1n) is 9.27. The fourth-order valence-electron chi connectivity index (χ4n) is 3.91.